The first-order valence-corrected chi connectivity index (χ1v) is 8.33. The smallest absolute Gasteiger partial charge is 0.193 e. The van der Waals surface area contributed by atoms with E-state index in [1.54, 1.807) is 6.07 Å². The van der Waals surface area contributed by atoms with Crippen molar-refractivity contribution in [3.05, 3.63) is 53.8 Å². The second kappa shape index (κ2) is 11.6. The van der Waals surface area contributed by atoms with E-state index in [1.807, 2.05) is 38.1 Å². The minimum atomic E-state index is -0.248. The molecule has 0 atom stereocenters. The molecule has 7 heteroatoms. The third-order valence-electron chi connectivity index (χ3n) is 3.40. The van der Waals surface area contributed by atoms with Gasteiger partial charge in [0.15, 0.2) is 5.96 Å². The Balaban J connectivity index is 0.00000338. The summed E-state index contributed by atoms with van der Waals surface area (Å²) in [6.45, 7) is 5.41. The van der Waals surface area contributed by atoms with E-state index in [0.717, 1.165) is 11.3 Å². The Morgan fingerprint density at radius 1 is 1.12 bits per heavy atom. The molecule has 0 radical (unpaired) electrons. The van der Waals surface area contributed by atoms with Crippen LogP contribution in [0.5, 0.6) is 11.5 Å². The van der Waals surface area contributed by atoms with Crippen molar-refractivity contribution < 1.29 is 13.9 Å². The molecule has 0 bridgehead atoms. The Hall–Kier alpha value is -2.03. The molecular weight excluding hydrogens is 448 g/mol. The van der Waals surface area contributed by atoms with Gasteiger partial charge in [-0.05, 0) is 50.1 Å². The van der Waals surface area contributed by atoms with Gasteiger partial charge in [-0.25, -0.2) is 4.39 Å². The zero-order valence-electron chi connectivity index (χ0n) is 15.0. The highest BCUT2D eigenvalue weighted by Crippen LogP contribution is 2.29. The van der Waals surface area contributed by atoms with E-state index in [0.29, 0.717) is 37.6 Å². The van der Waals surface area contributed by atoms with Crippen LogP contribution in [0, 0.1) is 5.82 Å². The number of ether oxygens (including phenoxy) is 2. The maximum absolute atomic E-state index is 13.2. The van der Waals surface area contributed by atoms with Crippen molar-refractivity contribution in [2.45, 2.75) is 20.3 Å². The molecule has 2 aromatic carbocycles. The summed E-state index contributed by atoms with van der Waals surface area (Å²) in [4.78, 5) is 4.29. The van der Waals surface area contributed by atoms with E-state index in [2.05, 4.69) is 10.3 Å². The molecule has 0 aliphatic carbocycles. The lowest BCUT2D eigenvalue weighted by Crippen LogP contribution is -2.23. The zero-order chi connectivity index (χ0) is 18.1. The number of aliphatic imine (C=N–C) groups is 1. The molecule has 0 unspecified atom stereocenters. The Bertz CT molecular complexity index is 726. The molecule has 5 nitrogen and oxygen atoms in total. The first-order chi connectivity index (χ1) is 12.1. The molecule has 3 N–H and O–H groups in total. The quantitative estimate of drug-likeness (QED) is 0.343. The van der Waals surface area contributed by atoms with Gasteiger partial charge in [0.25, 0.3) is 0 Å². The highest BCUT2D eigenvalue weighted by atomic mass is 127. The van der Waals surface area contributed by atoms with Crippen LogP contribution in [0.2, 0.25) is 0 Å². The van der Waals surface area contributed by atoms with Gasteiger partial charge in [-0.2, -0.15) is 0 Å². The number of halogens is 2. The largest absolute Gasteiger partial charge is 0.494 e. The molecule has 0 saturated carbocycles. The van der Waals surface area contributed by atoms with Gasteiger partial charge in [-0.15, -0.1) is 24.0 Å². The van der Waals surface area contributed by atoms with Crippen LogP contribution in [0.1, 0.15) is 19.4 Å². The van der Waals surface area contributed by atoms with Crippen molar-refractivity contribution in [1.29, 1.82) is 0 Å². The van der Waals surface area contributed by atoms with Crippen molar-refractivity contribution in [2.24, 2.45) is 10.7 Å². The number of nitrogens with one attached hydrogen (secondary N) is 1. The lowest BCUT2D eigenvalue weighted by Gasteiger charge is -2.14. The highest BCUT2D eigenvalue weighted by Gasteiger charge is 2.07. The van der Waals surface area contributed by atoms with E-state index in [-0.39, 0.29) is 35.8 Å². The fraction of sp³-hybridized carbons (Fsp3) is 0.316. The average Bonchev–Trinajstić information content (AvgIpc) is 2.58. The normalized spacial score (nSPS) is 10.8. The third kappa shape index (κ3) is 7.07. The van der Waals surface area contributed by atoms with Gasteiger partial charge in [0.1, 0.15) is 17.3 Å². The van der Waals surface area contributed by atoms with Crippen molar-refractivity contribution in [2.75, 3.05) is 25.1 Å². The monoisotopic (exact) mass is 473 g/mol. The minimum absolute atomic E-state index is 0. The summed E-state index contributed by atoms with van der Waals surface area (Å²) in [5.41, 5.74) is 7.53. The van der Waals surface area contributed by atoms with Crippen LogP contribution >= 0.6 is 24.0 Å². The van der Waals surface area contributed by atoms with E-state index in [1.165, 1.54) is 12.1 Å². The SMILES string of the molecule is CCOc1ccc(OCC)c(NC(N)=NCCc2cccc(F)c2)c1.I. The molecule has 0 aliphatic heterocycles. The summed E-state index contributed by atoms with van der Waals surface area (Å²) < 4.78 is 24.2. The molecule has 0 saturated heterocycles. The molecule has 26 heavy (non-hydrogen) atoms. The van der Waals surface area contributed by atoms with Crippen LogP contribution in [0.4, 0.5) is 10.1 Å². The lowest BCUT2D eigenvalue weighted by molar-refractivity contribution is 0.332. The standard InChI is InChI=1S/C19H24FN3O2.HI/c1-3-24-16-8-9-18(25-4-2)17(13-16)23-19(21)22-11-10-14-6-5-7-15(20)12-14;/h5-9,12-13H,3-4,10-11H2,1-2H3,(H3,21,22,23);1H. The highest BCUT2D eigenvalue weighted by molar-refractivity contribution is 14.0. The Morgan fingerprint density at radius 3 is 2.58 bits per heavy atom. The van der Waals surface area contributed by atoms with Gasteiger partial charge in [0.2, 0.25) is 0 Å². The third-order valence-corrected chi connectivity index (χ3v) is 3.40. The summed E-state index contributed by atoms with van der Waals surface area (Å²) >= 11 is 0. The molecule has 2 aromatic rings. The summed E-state index contributed by atoms with van der Waals surface area (Å²) in [6, 6.07) is 12.0. The fourth-order valence-corrected chi connectivity index (χ4v) is 2.32. The van der Waals surface area contributed by atoms with Gasteiger partial charge >= 0.3 is 0 Å². The number of hydrogen-bond donors (Lipinski definition) is 2. The predicted molar refractivity (Wildman–Crippen MR) is 114 cm³/mol. The number of benzene rings is 2. The first-order valence-electron chi connectivity index (χ1n) is 8.33. The molecular formula is C19H25FIN3O2. The summed E-state index contributed by atoms with van der Waals surface area (Å²) in [7, 11) is 0. The number of nitrogens with zero attached hydrogens (tertiary/aromatic N) is 1. The van der Waals surface area contributed by atoms with Crippen molar-refractivity contribution in [1.82, 2.24) is 0 Å². The first kappa shape index (κ1) is 22.0. The second-order valence-electron chi connectivity index (χ2n) is 5.30. The van der Waals surface area contributed by atoms with E-state index >= 15 is 0 Å². The number of anilines is 1. The predicted octanol–water partition coefficient (Wildman–Crippen LogP) is 4.21. The van der Waals surface area contributed by atoms with E-state index < -0.39 is 0 Å². The summed E-state index contributed by atoms with van der Waals surface area (Å²) in [5.74, 6) is 1.42. The molecule has 0 fully saturated rings. The zero-order valence-corrected chi connectivity index (χ0v) is 17.3. The number of hydrogen-bond acceptors (Lipinski definition) is 3. The molecule has 142 valence electrons. The summed E-state index contributed by atoms with van der Waals surface area (Å²) in [5, 5.41) is 3.04. The van der Waals surface area contributed by atoms with Crippen molar-refractivity contribution in [3.63, 3.8) is 0 Å². The second-order valence-corrected chi connectivity index (χ2v) is 5.30. The molecule has 2 rings (SSSR count). The van der Waals surface area contributed by atoms with Crippen molar-refractivity contribution in [3.8, 4) is 11.5 Å². The Kier molecular flexibility index (Phi) is 9.79. The fourth-order valence-electron chi connectivity index (χ4n) is 2.32. The molecule has 0 spiro atoms. The molecule has 0 heterocycles. The van der Waals surface area contributed by atoms with Crippen LogP contribution in [0.15, 0.2) is 47.5 Å². The molecule has 0 amide bonds. The van der Waals surface area contributed by atoms with Crippen LogP contribution in [0.3, 0.4) is 0 Å². The van der Waals surface area contributed by atoms with Crippen LogP contribution in [0.25, 0.3) is 0 Å². The van der Waals surface area contributed by atoms with Gasteiger partial charge in [0.05, 0.1) is 18.9 Å². The molecule has 0 aliphatic rings. The maximum atomic E-state index is 13.2. The van der Waals surface area contributed by atoms with Crippen molar-refractivity contribution >= 4 is 35.6 Å². The number of nitrogens with two attached hydrogens (primary N) is 1. The number of guanidine groups is 1. The van der Waals surface area contributed by atoms with Gasteiger partial charge in [0, 0.05) is 12.6 Å². The van der Waals surface area contributed by atoms with Crippen LogP contribution < -0.4 is 20.5 Å². The Labute approximate surface area is 170 Å². The topological polar surface area (TPSA) is 68.9 Å². The van der Waals surface area contributed by atoms with Gasteiger partial charge in [-0.1, -0.05) is 12.1 Å². The molecule has 0 aromatic heterocycles. The maximum Gasteiger partial charge on any atom is 0.193 e. The average molecular weight is 473 g/mol. The lowest BCUT2D eigenvalue weighted by atomic mass is 10.1. The van der Waals surface area contributed by atoms with E-state index in [4.69, 9.17) is 15.2 Å². The summed E-state index contributed by atoms with van der Waals surface area (Å²) in [6.07, 6.45) is 0.609. The number of rotatable bonds is 8. The minimum Gasteiger partial charge on any atom is -0.494 e. The van der Waals surface area contributed by atoms with Crippen LogP contribution in [-0.4, -0.2) is 25.7 Å². The van der Waals surface area contributed by atoms with E-state index in [9.17, 15) is 4.39 Å². The Morgan fingerprint density at radius 2 is 1.88 bits per heavy atom. The van der Waals surface area contributed by atoms with Gasteiger partial charge < -0.3 is 20.5 Å². The van der Waals surface area contributed by atoms with Crippen LogP contribution in [-0.2, 0) is 6.42 Å². The van der Waals surface area contributed by atoms with Gasteiger partial charge in [-0.3, -0.25) is 4.99 Å².